The third kappa shape index (κ3) is 1.89. The number of phenols is 1. The van der Waals surface area contributed by atoms with Crippen LogP contribution in [-0.2, 0) is 4.79 Å². The van der Waals surface area contributed by atoms with Gasteiger partial charge in [0, 0.05) is 5.02 Å². The summed E-state index contributed by atoms with van der Waals surface area (Å²) in [6, 6.07) is 2.99. The molecule has 0 saturated carbocycles. The van der Waals surface area contributed by atoms with Crippen molar-refractivity contribution in [1.82, 2.24) is 0 Å². The lowest BCUT2D eigenvalue weighted by Gasteiger charge is -2.04. The molecule has 0 fully saturated rings. The van der Waals surface area contributed by atoms with Gasteiger partial charge in [0.25, 0.3) is 0 Å². The number of halogens is 2. The second kappa shape index (κ2) is 3.78. The predicted molar refractivity (Wildman–Crippen MR) is 50.5 cm³/mol. The lowest BCUT2D eigenvalue weighted by Crippen LogP contribution is -1.94. The molecule has 0 spiro atoms. The highest BCUT2D eigenvalue weighted by Crippen LogP contribution is 2.34. The van der Waals surface area contributed by atoms with Gasteiger partial charge in [-0.25, -0.2) is 0 Å². The Hall–Kier alpha value is -0.740. The highest BCUT2D eigenvalue weighted by molar-refractivity contribution is 9.10. The zero-order chi connectivity index (χ0) is 9.14. The first-order valence-electron chi connectivity index (χ1n) is 3.03. The molecule has 0 aliphatic heterocycles. The number of nitrogens with one attached hydrogen (secondary N) is 1. The lowest BCUT2D eigenvalue weighted by atomic mass is 10.3. The summed E-state index contributed by atoms with van der Waals surface area (Å²) in [6.45, 7) is 0. The van der Waals surface area contributed by atoms with Gasteiger partial charge in [0.2, 0.25) is 6.41 Å². The number of phenolic OH excluding ortho intramolecular Hbond substituents is 1. The lowest BCUT2D eigenvalue weighted by molar-refractivity contribution is -0.105. The molecule has 0 saturated heterocycles. The second-order valence-electron chi connectivity index (χ2n) is 2.05. The number of hydrogen-bond donors (Lipinski definition) is 2. The van der Waals surface area contributed by atoms with Crippen LogP contribution in [-0.4, -0.2) is 11.5 Å². The fourth-order valence-corrected chi connectivity index (χ4v) is 1.55. The maximum Gasteiger partial charge on any atom is 0.211 e. The van der Waals surface area contributed by atoms with Gasteiger partial charge >= 0.3 is 0 Å². The average molecular weight is 250 g/mol. The van der Waals surface area contributed by atoms with Crippen molar-refractivity contribution in [3.8, 4) is 5.75 Å². The standard InChI is InChI=1S/C7H5BrClNO2/c8-5-1-4(9)2-6(7(5)12)10-3-11/h1-3,12H,(H,10,11). The molecular weight excluding hydrogens is 245 g/mol. The molecule has 0 aliphatic carbocycles. The number of anilines is 1. The molecule has 0 unspecified atom stereocenters. The first-order chi connectivity index (χ1) is 5.65. The van der Waals surface area contributed by atoms with Crippen molar-refractivity contribution in [3.63, 3.8) is 0 Å². The number of carbonyl (C=O) groups is 1. The van der Waals surface area contributed by atoms with E-state index in [0.717, 1.165) is 0 Å². The maximum absolute atomic E-state index is 10.1. The van der Waals surface area contributed by atoms with E-state index in [4.69, 9.17) is 11.6 Å². The molecule has 12 heavy (non-hydrogen) atoms. The van der Waals surface area contributed by atoms with Crippen LogP contribution >= 0.6 is 27.5 Å². The fraction of sp³-hybridized carbons (Fsp3) is 0. The van der Waals surface area contributed by atoms with Gasteiger partial charge in [-0.1, -0.05) is 11.6 Å². The third-order valence-corrected chi connectivity index (χ3v) is 2.07. The molecule has 5 heteroatoms. The summed E-state index contributed by atoms with van der Waals surface area (Å²) in [5, 5.41) is 12.1. The van der Waals surface area contributed by atoms with Crippen LogP contribution in [0.25, 0.3) is 0 Å². The number of rotatable bonds is 2. The molecule has 1 aromatic rings. The summed E-state index contributed by atoms with van der Waals surface area (Å²) in [4.78, 5) is 10.1. The zero-order valence-corrected chi connectivity index (χ0v) is 8.19. The molecule has 1 amide bonds. The Morgan fingerprint density at radius 1 is 1.58 bits per heavy atom. The van der Waals surface area contributed by atoms with E-state index < -0.39 is 0 Å². The number of benzene rings is 1. The van der Waals surface area contributed by atoms with Crippen molar-refractivity contribution in [2.75, 3.05) is 5.32 Å². The summed E-state index contributed by atoms with van der Waals surface area (Å²) in [5.41, 5.74) is 0.282. The van der Waals surface area contributed by atoms with Crippen LogP contribution < -0.4 is 5.32 Å². The van der Waals surface area contributed by atoms with Crippen LogP contribution in [0.15, 0.2) is 16.6 Å². The number of amides is 1. The molecule has 0 aromatic heterocycles. The van der Waals surface area contributed by atoms with E-state index >= 15 is 0 Å². The van der Waals surface area contributed by atoms with Crippen LogP contribution in [0.4, 0.5) is 5.69 Å². The van der Waals surface area contributed by atoms with Gasteiger partial charge in [0.1, 0.15) is 0 Å². The topological polar surface area (TPSA) is 49.3 Å². The minimum absolute atomic E-state index is 0.0356. The molecule has 1 rings (SSSR count). The molecule has 1 aromatic carbocycles. The minimum Gasteiger partial charge on any atom is -0.505 e. The van der Waals surface area contributed by atoms with Gasteiger partial charge < -0.3 is 10.4 Å². The largest absolute Gasteiger partial charge is 0.505 e. The monoisotopic (exact) mass is 249 g/mol. The van der Waals surface area contributed by atoms with E-state index in [1.54, 1.807) is 0 Å². The summed E-state index contributed by atoms with van der Waals surface area (Å²) >= 11 is 8.74. The summed E-state index contributed by atoms with van der Waals surface area (Å²) in [5.74, 6) is -0.0356. The second-order valence-corrected chi connectivity index (χ2v) is 3.34. The van der Waals surface area contributed by atoms with Gasteiger partial charge in [-0.15, -0.1) is 0 Å². The number of aromatic hydroxyl groups is 1. The Balaban J connectivity index is 3.17. The van der Waals surface area contributed by atoms with Gasteiger partial charge in [0.05, 0.1) is 10.2 Å². The Morgan fingerprint density at radius 2 is 2.25 bits per heavy atom. The zero-order valence-electron chi connectivity index (χ0n) is 5.84. The molecule has 0 atom stereocenters. The Kier molecular flexibility index (Phi) is 2.94. The maximum atomic E-state index is 10.1. The SMILES string of the molecule is O=CNc1cc(Cl)cc(Br)c1O. The van der Waals surface area contributed by atoms with Crippen LogP contribution in [0.1, 0.15) is 0 Å². The van der Waals surface area contributed by atoms with Gasteiger partial charge in [-0.05, 0) is 28.1 Å². The summed E-state index contributed by atoms with van der Waals surface area (Å²) in [6.07, 6.45) is 0.470. The van der Waals surface area contributed by atoms with Crippen molar-refractivity contribution in [2.45, 2.75) is 0 Å². The fourth-order valence-electron chi connectivity index (χ4n) is 0.739. The van der Waals surface area contributed by atoms with E-state index in [1.165, 1.54) is 12.1 Å². The molecule has 0 radical (unpaired) electrons. The van der Waals surface area contributed by atoms with Crippen LogP contribution in [0.5, 0.6) is 5.75 Å². The molecule has 0 bridgehead atoms. The average Bonchev–Trinajstić information content (AvgIpc) is 2.00. The van der Waals surface area contributed by atoms with Gasteiger partial charge in [0.15, 0.2) is 5.75 Å². The van der Waals surface area contributed by atoms with Crippen LogP contribution in [0, 0.1) is 0 Å². The Labute approximate surface area is 82.5 Å². The van der Waals surface area contributed by atoms with E-state index in [9.17, 15) is 9.90 Å². The van der Waals surface area contributed by atoms with Crippen LogP contribution in [0.2, 0.25) is 5.02 Å². The first kappa shape index (κ1) is 9.35. The van der Waals surface area contributed by atoms with E-state index in [0.29, 0.717) is 15.9 Å². The van der Waals surface area contributed by atoms with E-state index in [1.807, 2.05) is 0 Å². The Bertz CT molecular complexity index is 317. The number of hydrogen-bond acceptors (Lipinski definition) is 2. The highest BCUT2D eigenvalue weighted by atomic mass is 79.9. The molecule has 3 nitrogen and oxygen atoms in total. The van der Waals surface area contributed by atoms with Crippen LogP contribution in [0.3, 0.4) is 0 Å². The van der Waals surface area contributed by atoms with E-state index in [-0.39, 0.29) is 11.4 Å². The summed E-state index contributed by atoms with van der Waals surface area (Å²) in [7, 11) is 0. The minimum atomic E-state index is -0.0356. The molecular formula is C7H5BrClNO2. The summed E-state index contributed by atoms with van der Waals surface area (Å²) < 4.78 is 0.444. The van der Waals surface area contributed by atoms with Crippen molar-refractivity contribution in [2.24, 2.45) is 0 Å². The van der Waals surface area contributed by atoms with Crippen molar-refractivity contribution < 1.29 is 9.90 Å². The van der Waals surface area contributed by atoms with Crippen molar-refractivity contribution in [1.29, 1.82) is 0 Å². The van der Waals surface area contributed by atoms with Gasteiger partial charge in [-0.2, -0.15) is 0 Å². The van der Waals surface area contributed by atoms with Gasteiger partial charge in [-0.3, -0.25) is 4.79 Å². The Morgan fingerprint density at radius 3 is 2.83 bits per heavy atom. The normalized spacial score (nSPS) is 9.50. The third-order valence-electron chi connectivity index (χ3n) is 1.24. The molecule has 0 aliphatic rings. The van der Waals surface area contributed by atoms with Crippen molar-refractivity contribution >= 4 is 39.6 Å². The number of carbonyl (C=O) groups excluding carboxylic acids is 1. The van der Waals surface area contributed by atoms with E-state index in [2.05, 4.69) is 21.2 Å². The molecule has 64 valence electrons. The molecule has 2 N–H and O–H groups in total. The smallest absolute Gasteiger partial charge is 0.211 e. The van der Waals surface area contributed by atoms with Crippen molar-refractivity contribution in [3.05, 3.63) is 21.6 Å². The quantitative estimate of drug-likeness (QED) is 0.625. The predicted octanol–water partition coefficient (Wildman–Crippen LogP) is 2.38. The first-order valence-corrected chi connectivity index (χ1v) is 4.20. The molecule has 0 heterocycles. The highest BCUT2D eigenvalue weighted by Gasteiger charge is 2.05.